The molecule has 4 aliphatic carbocycles. The lowest BCUT2D eigenvalue weighted by atomic mass is 9.48. The summed E-state index contributed by atoms with van der Waals surface area (Å²) in [7, 11) is 0. The lowest BCUT2D eigenvalue weighted by Crippen LogP contribution is -2.53. The average Bonchev–Trinajstić information content (AvgIpc) is 3.07. The van der Waals surface area contributed by atoms with E-state index < -0.39 is 40.9 Å². The Labute approximate surface area is 158 Å². The highest BCUT2D eigenvalue weighted by Crippen LogP contribution is 2.68. The van der Waals surface area contributed by atoms with E-state index in [0.717, 1.165) is 0 Å². The summed E-state index contributed by atoms with van der Waals surface area (Å²) in [6.45, 7) is 4.00. The van der Waals surface area contributed by atoms with Crippen LogP contribution < -0.4 is 0 Å². The number of carbonyl (C=O) groups is 2. The molecule has 3 fully saturated rings. The van der Waals surface area contributed by atoms with Crippen LogP contribution in [0.1, 0.15) is 73.3 Å². The third-order valence-electron chi connectivity index (χ3n) is 8.08. The molecule has 0 radical (unpaired) electrons. The van der Waals surface area contributed by atoms with Crippen molar-refractivity contribution in [3.63, 3.8) is 0 Å². The van der Waals surface area contributed by atoms with E-state index in [1.54, 1.807) is 6.08 Å². The van der Waals surface area contributed by atoms with E-state index >= 15 is 0 Å². The Morgan fingerprint density at radius 3 is 2.68 bits per heavy atom. The molecule has 1 saturated heterocycles. The molecule has 0 bridgehead atoms. The molecule has 2 saturated carbocycles. The van der Waals surface area contributed by atoms with E-state index in [4.69, 9.17) is 13.0 Å². The Morgan fingerprint density at radius 1 is 1.12 bits per heavy atom. The summed E-state index contributed by atoms with van der Waals surface area (Å²) in [6, 6.07) is 0.0499. The molecule has 3 nitrogen and oxygen atoms in total. The zero-order valence-corrected chi connectivity index (χ0v) is 14.8. The first-order valence-corrected chi connectivity index (χ1v) is 9.36. The van der Waals surface area contributed by atoms with E-state index in [-0.39, 0.29) is 36.6 Å². The number of hydrogen-bond acceptors (Lipinski definition) is 3. The van der Waals surface area contributed by atoms with Crippen LogP contribution in [0.5, 0.6) is 0 Å². The van der Waals surface area contributed by atoms with Crippen molar-refractivity contribution in [3.05, 3.63) is 23.8 Å². The predicted octanol–water partition coefficient (Wildman–Crippen LogP) is 4.37. The highest BCUT2D eigenvalue weighted by molar-refractivity contribution is 5.92. The van der Waals surface area contributed by atoms with Crippen LogP contribution in [0.25, 0.3) is 0 Å². The molecule has 6 atom stereocenters. The van der Waals surface area contributed by atoms with Crippen LogP contribution in [0.4, 0.5) is 0 Å². The largest absolute Gasteiger partial charge is 0.458 e. The maximum Gasteiger partial charge on any atom is 0.306 e. The summed E-state index contributed by atoms with van der Waals surface area (Å²) in [5.74, 6) is -1.85. The van der Waals surface area contributed by atoms with Gasteiger partial charge in [0.05, 0.1) is 2.74 Å². The fourth-order valence-electron chi connectivity index (χ4n) is 6.48. The molecule has 134 valence electrons. The molecule has 0 aromatic heterocycles. The van der Waals surface area contributed by atoms with Crippen molar-refractivity contribution in [2.45, 2.75) is 70.7 Å². The zero-order chi connectivity index (χ0) is 22.8. The van der Waals surface area contributed by atoms with Crippen LogP contribution in [0, 0.1) is 28.6 Å². The van der Waals surface area contributed by atoms with Gasteiger partial charge in [0.1, 0.15) is 5.60 Å². The van der Waals surface area contributed by atoms with Gasteiger partial charge in [-0.2, -0.15) is 0 Å². The van der Waals surface area contributed by atoms with Crippen LogP contribution in [0.3, 0.4) is 0 Å². The van der Waals surface area contributed by atoms with Gasteiger partial charge in [-0.1, -0.05) is 26.0 Å². The van der Waals surface area contributed by atoms with Gasteiger partial charge in [0, 0.05) is 23.6 Å². The van der Waals surface area contributed by atoms with Gasteiger partial charge in [0.2, 0.25) is 0 Å². The highest BCUT2D eigenvalue weighted by Gasteiger charge is 2.66. The third kappa shape index (κ3) is 1.88. The van der Waals surface area contributed by atoms with E-state index in [1.807, 2.05) is 6.92 Å². The number of ether oxygens (including phenoxy) is 1. The summed E-state index contributed by atoms with van der Waals surface area (Å²) in [4.78, 5) is 24.7. The Bertz CT molecular complexity index is 970. The van der Waals surface area contributed by atoms with Crippen molar-refractivity contribution in [3.8, 4) is 0 Å². The van der Waals surface area contributed by atoms with Crippen LogP contribution in [-0.2, 0) is 14.3 Å². The smallest absolute Gasteiger partial charge is 0.306 e. The lowest BCUT2D eigenvalue weighted by Gasteiger charge is -2.57. The predicted molar refractivity (Wildman–Crippen MR) is 94.7 cm³/mol. The van der Waals surface area contributed by atoms with Crippen molar-refractivity contribution in [1.82, 2.24) is 0 Å². The first-order valence-electron chi connectivity index (χ1n) is 12.4. The summed E-state index contributed by atoms with van der Waals surface area (Å²) in [5.41, 5.74) is -1.54. The summed E-state index contributed by atoms with van der Waals surface area (Å²) in [6.07, 6.45) is 0.197. The molecule has 1 aliphatic heterocycles. The minimum Gasteiger partial charge on any atom is -0.458 e. The third-order valence-corrected chi connectivity index (χ3v) is 8.08. The molecule has 0 amide bonds. The standard InChI is InChI=1S/C22H28O3/c1-20-9-5-15(23)13-14(20)3-4-16-17(20)6-10-21(2)18(16)7-11-22(21)12-8-19(24)25-22/h3-4,13,16-18H,5-12H2,1-2H3/t16-,17?,18?,20+,21+,22-/m1/s1/i4D,5D2,8D2,13D. The molecule has 5 aliphatic rings. The number of ketones is 1. The van der Waals surface area contributed by atoms with Gasteiger partial charge in [-0.05, 0) is 73.3 Å². The average molecular weight is 346 g/mol. The molecule has 0 aromatic rings. The first-order chi connectivity index (χ1) is 14.2. The van der Waals surface area contributed by atoms with Crippen molar-refractivity contribution >= 4 is 11.8 Å². The molecule has 1 heterocycles. The number of carbonyl (C=O) groups excluding carboxylic acids is 2. The maximum absolute atomic E-state index is 12.4. The van der Waals surface area contributed by atoms with Crippen LogP contribution in [-0.4, -0.2) is 17.4 Å². The van der Waals surface area contributed by atoms with Gasteiger partial charge in [-0.25, -0.2) is 0 Å². The Morgan fingerprint density at radius 2 is 1.92 bits per heavy atom. The van der Waals surface area contributed by atoms with Crippen LogP contribution >= 0.6 is 0 Å². The second-order valence-corrected chi connectivity index (χ2v) is 8.92. The van der Waals surface area contributed by atoms with Crippen LogP contribution in [0.15, 0.2) is 23.8 Å². The Hall–Kier alpha value is -1.38. The monoisotopic (exact) mass is 346 g/mol. The molecule has 25 heavy (non-hydrogen) atoms. The molecular weight excluding hydrogens is 312 g/mol. The summed E-state index contributed by atoms with van der Waals surface area (Å²) < 4.78 is 55.6. The van der Waals surface area contributed by atoms with Crippen LogP contribution in [0.2, 0.25) is 0 Å². The second kappa shape index (κ2) is 4.86. The fraction of sp³-hybridized carbons (Fsp3) is 0.727. The molecular formula is C22H28O3. The second-order valence-electron chi connectivity index (χ2n) is 8.92. The van der Waals surface area contributed by atoms with E-state index in [2.05, 4.69) is 6.92 Å². The molecule has 2 unspecified atom stereocenters. The van der Waals surface area contributed by atoms with Gasteiger partial charge in [0.25, 0.3) is 0 Å². The molecule has 5 rings (SSSR count). The number of rotatable bonds is 0. The zero-order valence-electron chi connectivity index (χ0n) is 20.8. The van der Waals surface area contributed by atoms with Crippen molar-refractivity contribution in [2.24, 2.45) is 28.6 Å². The van der Waals surface area contributed by atoms with E-state index in [1.165, 1.54) is 0 Å². The number of esters is 1. The molecule has 3 heteroatoms. The normalized spacial score (nSPS) is 59.3. The minimum absolute atomic E-state index is 0.00718. The Balaban J connectivity index is 1.60. The molecule has 0 N–H and O–H groups in total. The van der Waals surface area contributed by atoms with Gasteiger partial charge in [0.15, 0.2) is 5.78 Å². The SMILES string of the molecule is [2H]C1=CC2=C([2H])C(=O)C([2H])([2H])C[C@]2(C)C2CC[C@@]3(C)C(CC[C@@]34CC([2H])([2H])C(=O)O4)[C@H]12. The molecule has 0 aromatic carbocycles. The minimum atomic E-state index is -2.10. The van der Waals surface area contributed by atoms with Gasteiger partial charge < -0.3 is 4.74 Å². The number of allylic oxidation sites excluding steroid dienone is 4. The van der Waals surface area contributed by atoms with Gasteiger partial charge >= 0.3 is 5.97 Å². The topological polar surface area (TPSA) is 43.4 Å². The molecule has 1 spiro atoms. The van der Waals surface area contributed by atoms with Crippen molar-refractivity contribution in [2.75, 3.05) is 0 Å². The van der Waals surface area contributed by atoms with Gasteiger partial charge in [-0.15, -0.1) is 0 Å². The fourth-order valence-corrected chi connectivity index (χ4v) is 6.48. The van der Waals surface area contributed by atoms with Crippen molar-refractivity contribution < 1.29 is 22.6 Å². The van der Waals surface area contributed by atoms with E-state index in [0.29, 0.717) is 37.3 Å². The Kier molecular flexibility index (Phi) is 2.08. The number of hydrogen-bond donors (Lipinski definition) is 0. The highest BCUT2D eigenvalue weighted by atomic mass is 16.6. The lowest BCUT2D eigenvalue weighted by molar-refractivity contribution is -0.165. The number of fused-ring (bicyclic) bond motifs is 6. The van der Waals surface area contributed by atoms with Crippen molar-refractivity contribution in [1.29, 1.82) is 0 Å². The first kappa shape index (κ1) is 10.7. The van der Waals surface area contributed by atoms with Gasteiger partial charge in [-0.3, -0.25) is 9.59 Å². The maximum atomic E-state index is 12.4. The van der Waals surface area contributed by atoms with E-state index in [9.17, 15) is 9.59 Å². The summed E-state index contributed by atoms with van der Waals surface area (Å²) >= 11 is 0. The quantitative estimate of drug-likeness (QED) is 0.612. The summed E-state index contributed by atoms with van der Waals surface area (Å²) in [5, 5.41) is 0.